The molecule has 2 aliphatic heterocycles. The Hall–Kier alpha value is -1.30. The number of carboxylic acid groups (broad SMARTS) is 1. The van der Waals surface area contributed by atoms with Gasteiger partial charge in [-0.15, -0.1) is 0 Å². The van der Waals surface area contributed by atoms with E-state index in [1.165, 1.54) is 0 Å². The molecule has 2 fully saturated rings. The highest BCUT2D eigenvalue weighted by Gasteiger charge is 2.35. The fourth-order valence-electron chi connectivity index (χ4n) is 2.80. The molecule has 2 rings (SSSR count). The van der Waals surface area contributed by atoms with Crippen molar-refractivity contribution in [3.05, 3.63) is 0 Å². The number of hydrogen-bond acceptors (Lipinski definition) is 3. The molecule has 2 saturated heterocycles. The maximum Gasteiger partial charge on any atom is 0.320 e. The SMILES string of the molecule is CC1(C)CN(C(=O)N2CCC(CC(=O)O)C2)CCO1. The van der Waals surface area contributed by atoms with Crippen LogP contribution in [0.3, 0.4) is 0 Å². The number of likely N-dealkylation sites (tertiary alicyclic amines) is 1. The molecule has 0 aromatic rings. The lowest BCUT2D eigenvalue weighted by Gasteiger charge is -2.39. The summed E-state index contributed by atoms with van der Waals surface area (Å²) >= 11 is 0. The molecule has 0 radical (unpaired) electrons. The molecule has 0 aromatic heterocycles. The highest BCUT2D eigenvalue weighted by atomic mass is 16.5. The summed E-state index contributed by atoms with van der Waals surface area (Å²) in [5.41, 5.74) is -0.298. The first-order chi connectivity index (χ1) is 8.87. The average Bonchev–Trinajstić information content (AvgIpc) is 2.74. The first-order valence-electron chi connectivity index (χ1n) is 6.77. The molecule has 1 N–H and O–H groups in total. The predicted molar refractivity (Wildman–Crippen MR) is 68.9 cm³/mol. The van der Waals surface area contributed by atoms with Crippen molar-refractivity contribution in [3.63, 3.8) is 0 Å². The van der Waals surface area contributed by atoms with Crippen molar-refractivity contribution in [1.82, 2.24) is 9.80 Å². The van der Waals surface area contributed by atoms with Crippen molar-refractivity contribution in [1.29, 1.82) is 0 Å². The Morgan fingerprint density at radius 3 is 2.68 bits per heavy atom. The monoisotopic (exact) mass is 270 g/mol. The molecule has 1 atom stereocenters. The number of rotatable bonds is 2. The summed E-state index contributed by atoms with van der Waals surface area (Å²) in [7, 11) is 0. The summed E-state index contributed by atoms with van der Waals surface area (Å²) < 4.78 is 5.59. The van der Waals surface area contributed by atoms with Crippen LogP contribution in [0, 0.1) is 5.92 Å². The standard InChI is InChI=1S/C13H22N2O4/c1-13(2)9-15(5-6-19-13)12(18)14-4-3-10(8-14)7-11(16)17/h10H,3-9H2,1-2H3,(H,16,17). The normalized spacial score (nSPS) is 26.5. The van der Waals surface area contributed by atoms with E-state index in [0.717, 1.165) is 6.42 Å². The molecule has 0 aromatic carbocycles. The van der Waals surface area contributed by atoms with E-state index in [2.05, 4.69) is 0 Å². The molecule has 19 heavy (non-hydrogen) atoms. The van der Waals surface area contributed by atoms with Crippen molar-refractivity contribution in [2.45, 2.75) is 32.3 Å². The van der Waals surface area contributed by atoms with Crippen LogP contribution in [0.15, 0.2) is 0 Å². The summed E-state index contributed by atoms with van der Waals surface area (Å²) in [6, 6.07) is 0.0178. The number of urea groups is 1. The van der Waals surface area contributed by atoms with Crippen molar-refractivity contribution in [2.24, 2.45) is 5.92 Å². The molecule has 0 bridgehead atoms. The van der Waals surface area contributed by atoms with E-state index in [9.17, 15) is 9.59 Å². The highest BCUT2D eigenvalue weighted by Crippen LogP contribution is 2.23. The number of amides is 2. The average molecular weight is 270 g/mol. The van der Waals surface area contributed by atoms with Crippen LogP contribution in [0.1, 0.15) is 26.7 Å². The van der Waals surface area contributed by atoms with Crippen molar-refractivity contribution < 1.29 is 19.4 Å². The van der Waals surface area contributed by atoms with Crippen LogP contribution in [-0.2, 0) is 9.53 Å². The van der Waals surface area contributed by atoms with E-state index in [1.54, 1.807) is 4.90 Å². The van der Waals surface area contributed by atoms with Gasteiger partial charge in [-0.25, -0.2) is 4.79 Å². The second-order valence-corrected chi connectivity index (χ2v) is 6.01. The molecule has 2 aliphatic rings. The number of carbonyl (C=O) groups is 2. The van der Waals surface area contributed by atoms with Crippen LogP contribution in [-0.4, -0.2) is 65.3 Å². The van der Waals surface area contributed by atoms with Crippen molar-refractivity contribution >= 4 is 12.0 Å². The second-order valence-electron chi connectivity index (χ2n) is 6.01. The first-order valence-corrected chi connectivity index (χ1v) is 6.77. The van der Waals surface area contributed by atoms with E-state index >= 15 is 0 Å². The minimum atomic E-state index is -0.785. The van der Waals surface area contributed by atoms with E-state index in [4.69, 9.17) is 9.84 Å². The number of ether oxygens (including phenoxy) is 1. The van der Waals surface area contributed by atoms with Gasteiger partial charge in [-0.1, -0.05) is 0 Å². The third-order valence-electron chi connectivity index (χ3n) is 3.72. The Morgan fingerprint density at radius 2 is 2.05 bits per heavy atom. The molecule has 2 amide bonds. The molecule has 0 saturated carbocycles. The van der Waals surface area contributed by atoms with Crippen molar-refractivity contribution in [2.75, 3.05) is 32.8 Å². The maximum absolute atomic E-state index is 12.4. The van der Waals surface area contributed by atoms with Gasteiger partial charge in [0.15, 0.2) is 0 Å². The van der Waals surface area contributed by atoms with Gasteiger partial charge in [0, 0.05) is 26.1 Å². The van der Waals surface area contributed by atoms with E-state index < -0.39 is 5.97 Å². The van der Waals surface area contributed by atoms with Crippen LogP contribution in [0.4, 0.5) is 4.79 Å². The number of nitrogens with zero attached hydrogens (tertiary/aromatic N) is 2. The largest absolute Gasteiger partial charge is 0.481 e. The van der Waals surface area contributed by atoms with E-state index in [1.807, 2.05) is 18.7 Å². The summed E-state index contributed by atoms with van der Waals surface area (Å²) in [6.45, 7) is 6.93. The zero-order valence-corrected chi connectivity index (χ0v) is 11.6. The second kappa shape index (κ2) is 5.36. The minimum Gasteiger partial charge on any atom is -0.481 e. The fraction of sp³-hybridized carbons (Fsp3) is 0.846. The molecule has 108 valence electrons. The topological polar surface area (TPSA) is 70.1 Å². The number of aliphatic carboxylic acids is 1. The molecule has 1 unspecified atom stereocenters. The number of carbonyl (C=O) groups excluding carboxylic acids is 1. The molecule has 2 heterocycles. The predicted octanol–water partition coefficient (Wildman–Crippen LogP) is 1.01. The Kier molecular flexibility index (Phi) is 3.99. The van der Waals surface area contributed by atoms with Gasteiger partial charge >= 0.3 is 12.0 Å². The zero-order chi connectivity index (χ0) is 14.0. The van der Waals surface area contributed by atoms with Crippen LogP contribution in [0.5, 0.6) is 0 Å². The third-order valence-corrected chi connectivity index (χ3v) is 3.72. The van der Waals surface area contributed by atoms with Crippen LogP contribution in [0.2, 0.25) is 0 Å². The van der Waals surface area contributed by atoms with E-state index in [0.29, 0.717) is 32.8 Å². The lowest BCUT2D eigenvalue weighted by molar-refractivity contribution is -0.138. The fourth-order valence-corrected chi connectivity index (χ4v) is 2.80. The van der Waals surface area contributed by atoms with Gasteiger partial charge < -0.3 is 19.6 Å². The van der Waals surface area contributed by atoms with Crippen molar-refractivity contribution in [3.8, 4) is 0 Å². The first kappa shape index (κ1) is 14.1. The number of morpholine rings is 1. The minimum absolute atomic E-state index is 0.0178. The van der Waals surface area contributed by atoms with Crippen LogP contribution < -0.4 is 0 Å². The van der Waals surface area contributed by atoms with E-state index in [-0.39, 0.29) is 24.0 Å². The molecule has 6 nitrogen and oxygen atoms in total. The molecule has 0 aliphatic carbocycles. The van der Waals surface area contributed by atoms with Crippen LogP contribution >= 0.6 is 0 Å². The Labute approximate surface area is 113 Å². The third kappa shape index (κ3) is 3.59. The van der Waals surface area contributed by atoms with Gasteiger partial charge in [-0.2, -0.15) is 0 Å². The Balaban J connectivity index is 1.88. The van der Waals surface area contributed by atoms with Gasteiger partial charge in [0.05, 0.1) is 18.8 Å². The Bertz CT molecular complexity index is 370. The molecular weight excluding hydrogens is 248 g/mol. The molecule has 6 heteroatoms. The highest BCUT2D eigenvalue weighted by molar-refractivity contribution is 5.75. The maximum atomic E-state index is 12.4. The number of carboxylic acids is 1. The summed E-state index contributed by atoms with van der Waals surface area (Å²) in [5.74, 6) is -0.692. The van der Waals surface area contributed by atoms with Gasteiger partial charge in [0.1, 0.15) is 0 Å². The smallest absolute Gasteiger partial charge is 0.320 e. The van der Waals surface area contributed by atoms with Gasteiger partial charge in [0.25, 0.3) is 0 Å². The summed E-state index contributed by atoms with van der Waals surface area (Å²) in [5, 5.41) is 8.79. The van der Waals surface area contributed by atoms with Gasteiger partial charge in [0.2, 0.25) is 0 Å². The Morgan fingerprint density at radius 1 is 1.32 bits per heavy atom. The van der Waals surface area contributed by atoms with Crippen LogP contribution in [0.25, 0.3) is 0 Å². The quantitative estimate of drug-likeness (QED) is 0.813. The zero-order valence-electron chi connectivity index (χ0n) is 11.6. The van der Waals surface area contributed by atoms with Gasteiger partial charge in [-0.3, -0.25) is 4.79 Å². The number of hydrogen-bond donors (Lipinski definition) is 1. The molecular formula is C13H22N2O4. The molecule has 0 spiro atoms. The van der Waals surface area contributed by atoms with Gasteiger partial charge in [-0.05, 0) is 26.2 Å². The summed E-state index contributed by atoms with van der Waals surface area (Å²) in [4.78, 5) is 26.6. The lowest BCUT2D eigenvalue weighted by atomic mass is 10.1. The lowest BCUT2D eigenvalue weighted by Crippen LogP contribution is -2.54. The summed E-state index contributed by atoms with van der Waals surface area (Å²) in [6.07, 6.45) is 0.935.